The van der Waals surface area contributed by atoms with E-state index in [1.54, 1.807) is 11.3 Å². The van der Waals surface area contributed by atoms with Gasteiger partial charge in [-0.25, -0.2) is 0 Å². The fourth-order valence-electron chi connectivity index (χ4n) is 3.14. The molecule has 0 aliphatic carbocycles. The van der Waals surface area contributed by atoms with E-state index in [1.807, 2.05) is 18.2 Å². The van der Waals surface area contributed by atoms with E-state index in [0.29, 0.717) is 0 Å². The summed E-state index contributed by atoms with van der Waals surface area (Å²) in [7, 11) is 0. The first-order valence-corrected chi connectivity index (χ1v) is 8.55. The largest absolute Gasteiger partial charge is 0.399 e. The van der Waals surface area contributed by atoms with Crippen molar-refractivity contribution < 1.29 is 4.74 Å². The van der Waals surface area contributed by atoms with Crippen LogP contribution in [0.25, 0.3) is 11.1 Å². The van der Waals surface area contributed by atoms with Crippen LogP contribution in [0.1, 0.15) is 19.4 Å². The molecular weight excluding hydrogens is 365 g/mol. The Morgan fingerprint density at radius 2 is 1.75 bits per heavy atom. The number of ether oxygens (including phenoxy) is 1. The van der Waals surface area contributed by atoms with E-state index in [2.05, 4.69) is 29.5 Å². The van der Waals surface area contributed by atoms with Gasteiger partial charge in [-0.15, -0.1) is 24.8 Å². The summed E-state index contributed by atoms with van der Waals surface area (Å²) in [5.74, 6) is 0. The van der Waals surface area contributed by atoms with E-state index in [9.17, 15) is 0 Å². The minimum absolute atomic E-state index is 0. The van der Waals surface area contributed by atoms with Crippen molar-refractivity contribution in [2.75, 3.05) is 24.6 Å². The van der Waals surface area contributed by atoms with E-state index in [-0.39, 0.29) is 37.0 Å². The highest BCUT2D eigenvalue weighted by molar-refractivity contribution is 7.08. The minimum atomic E-state index is 0. The van der Waals surface area contributed by atoms with Crippen LogP contribution in [-0.4, -0.2) is 30.2 Å². The Balaban J connectivity index is 0.00000144. The average molecular weight is 390 g/mol. The van der Waals surface area contributed by atoms with Crippen LogP contribution in [0.15, 0.2) is 29.0 Å². The summed E-state index contributed by atoms with van der Waals surface area (Å²) >= 11 is 1.71. The second kappa shape index (κ2) is 8.92. The monoisotopic (exact) mass is 389 g/mol. The Bertz CT molecular complexity index is 655. The lowest BCUT2D eigenvalue weighted by Gasteiger charge is -2.35. The van der Waals surface area contributed by atoms with Gasteiger partial charge in [-0.3, -0.25) is 4.90 Å². The number of halogens is 2. The third-order valence-electron chi connectivity index (χ3n) is 4.00. The quantitative estimate of drug-likeness (QED) is 0.777. The molecule has 1 aliphatic heterocycles. The van der Waals surface area contributed by atoms with Crippen molar-refractivity contribution in [2.24, 2.45) is 0 Å². The van der Waals surface area contributed by atoms with E-state index < -0.39 is 0 Å². The highest BCUT2D eigenvalue weighted by Crippen LogP contribution is 2.34. The SMILES string of the molecule is CC1CN(Cc2cscc2-c2cc(N)ccc2N)CC(C)O1.Cl.Cl. The molecule has 4 nitrogen and oxygen atoms in total. The van der Waals surface area contributed by atoms with Gasteiger partial charge in [0.1, 0.15) is 0 Å². The molecule has 134 valence electrons. The fourth-order valence-corrected chi connectivity index (χ4v) is 3.99. The van der Waals surface area contributed by atoms with Gasteiger partial charge in [-0.2, -0.15) is 11.3 Å². The van der Waals surface area contributed by atoms with Gasteiger partial charge < -0.3 is 16.2 Å². The minimum Gasteiger partial charge on any atom is -0.399 e. The van der Waals surface area contributed by atoms with E-state index in [1.165, 1.54) is 11.1 Å². The van der Waals surface area contributed by atoms with Crippen molar-refractivity contribution in [3.63, 3.8) is 0 Å². The molecule has 2 aromatic rings. The van der Waals surface area contributed by atoms with Crippen LogP contribution in [0.3, 0.4) is 0 Å². The molecule has 3 rings (SSSR count). The van der Waals surface area contributed by atoms with Crippen LogP contribution in [-0.2, 0) is 11.3 Å². The number of nitrogens with zero attached hydrogens (tertiary/aromatic N) is 1. The van der Waals surface area contributed by atoms with Crippen LogP contribution in [0.4, 0.5) is 11.4 Å². The number of nitrogen functional groups attached to an aromatic ring is 2. The van der Waals surface area contributed by atoms with Gasteiger partial charge in [0.15, 0.2) is 0 Å². The maximum absolute atomic E-state index is 6.14. The Kier molecular flexibility index (Phi) is 7.83. The number of nitrogens with two attached hydrogens (primary N) is 2. The fraction of sp³-hybridized carbons (Fsp3) is 0.412. The molecule has 1 aliphatic rings. The lowest BCUT2D eigenvalue weighted by atomic mass is 10.0. The predicted octanol–water partition coefficient (Wildman–Crippen LogP) is 4.03. The molecule has 0 amide bonds. The van der Waals surface area contributed by atoms with Crippen LogP contribution >= 0.6 is 36.2 Å². The first kappa shape index (κ1) is 21.1. The lowest BCUT2D eigenvalue weighted by Crippen LogP contribution is -2.44. The van der Waals surface area contributed by atoms with Crippen molar-refractivity contribution in [1.82, 2.24) is 4.90 Å². The topological polar surface area (TPSA) is 64.5 Å². The third kappa shape index (κ3) is 4.77. The summed E-state index contributed by atoms with van der Waals surface area (Å²) in [5, 5.41) is 4.37. The molecule has 1 fully saturated rings. The second-order valence-electron chi connectivity index (χ2n) is 6.11. The van der Waals surface area contributed by atoms with Crippen LogP contribution in [0.2, 0.25) is 0 Å². The summed E-state index contributed by atoms with van der Waals surface area (Å²) in [5.41, 5.74) is 17.1. The highest BCUT2D eigenvalue weighted by Gasteiger charge is 2.23. The molecule has 4 N–H and O–H groups in total. The normalized spacial score (nSPS) is 20.9. The van der Waals surface area contributed by atoms with E-state index in [0.717, 1.165) is 36.6 Å². The maximum atomic E-state index is 6.14. The Hall–Kier alpha value is -0.980. The molecule has 0 radical (unpaired) electrons. The first-order chi connectivity index (χ1) is 10.5. The summed E-state index contributed by atoms with van der Waals surface area (Å²) in [4.78, 5) is 2.45. The number of morpholine rings is 1. The molecule has 2 atom stereocenters. The molecule has 1 aromatic carbocycles. The number of benzene rings is 1. The van der Waals surface area contributed by atoms with Gasteiger partial charge in [0, 0.05) is 36.6 Å². The lowest BCUT2D eigenvalue weighted by molar-refractivity contribution is -0.0704. The van der Waals surface area contributed by atoms with Crippen LogP contribution in [0.5, 0.6) is 0 Å². The third-order valence-corrected chi connectivity index (χ3v) is 4.79. The zero-order chi connectivity index (χ0) is 15.7. The summed E-state index contributed by atoms with van der Waals surface area (Å²) in [6.07, 6.45) is 0.562. The standard InChI is InChI=1S/C17H23N3OS.2ClH/c1-11-6-20(7-12(2)21-11)8-13-9-22-10-16(13)15-5-14(18)3-4-17(15)19;;/h3-5,9-12H,6-8,18-19H2,1-2H3;2*1H. The van der Waals surface area contributed by atoms with Gasteiger partial charge in [-0.1, -0.05) is 0 Å². The highest BCUT2D eigenvalue weighted by atomic mass is 35.5. The molecule has 7 heteroatoms. The van der Waals surface area contributed by atoms with E-state index >= 15 is 0 Å². The zero-order valence-corrected chi connectivity index (χ0v) is 16.3. The van der Waals surface area contributed by atoms with Crippen molar-refractivity contribution in [3.8, 4) is 11.1 Å². The molecule has 1 saturated heterocycles. The Morgan fingerprint density at radius 3 is 2.42 bits per heavy atom. The van der Waals surface area contributed by atoms with Crippen LogP contribution in [0, 0.1) is 0 Å². The predicted molar refractivity (Wildman–Crippen MR) is 108 cm³/mol. The number of thiophene rings is 1. The smallest absolute Gasteiger partial charge is 0.0678 e. The second-order valence-corrected chi connectivity index (χ2v) is 6.85. The van der Waals surface area contributed by atoms with Gasteiger partial charge in [0.2, 0.25) is 0 Å². The summed E-state index contributed by atoms with van der Waals surface area (Å²) < 4.78 is 5.81. The summed E-state index contributed by atoms with van der Waals surface area (Å²) in [6.45, 7) is 7.11. The van der Waals surface area contributed by atoms with E-state index in [4.69, 9.17) is 16.2 Å². The first-order valence-electron chi connectivity index (χ1n) is 7.61. The number of hydrogen-bond donors (Lipinski definition) is 2. The molecule has 2 heterocycles. The molecule has 1 aromatic heterocycles. The van der Waals surface area contributed by atoms with Gasteiger partial charge >= 0.3 is 0 Å². The molecule has 24 heavy (non-hydrogen) atoms. The number of rotatable bonds is 3. The Labute approximate surface area is 160 Å². The molecule has 2 unspecified atom stereocenters. The van der Waals surface area contributed by atoms with Gasteiger partial charge in [0.25, 0.3) is 0 Å². The van der Waals surface area contributed by atoms with Crippen molar-refractivity contribution >= 4 is 47.5 Å². The maximum Gasteiger partial charge on any atom is 0.0678 e. The van der Waals surface area contributed by atoms with Crippen molar-refractivity contribution in [1.29, 1.82) is 0 Å². The van der Waals surface area contributed by atoms with Crippen molar-refractivity contribution in [3.05, 3.63) is 34.5 Å². The molecular formula is C17H25Cl2N3OS. The Morgan fingerprint density at radius 1 is 1.08 bits per heavy atom. The summed E-state index contributed by atoms with van der Waals surface area (Å²) in [6, 6.07) is 5.69. The average Bonchev–Trinajstić information content (AvgIpc) is 2.88. The van der Waals surface area contributed by atoms with Gasteiger partial charge in [-0.05, 0) is 53.9 Å². The molecule has 0 bridgehead atoms. The van der Waals surface area contributed by atoms with Crippen molar-refractivity contribution in [2.45, 2.75) is 32.6 Å². The number of anilines is 2. The van der Waals surface area contributed by atoms with Crippen LogP contribution < -0.4 is 11.5 Å². The molecule has 0 saturated carbocycles. The van der Waals surface area contributed by atoms with Gasteiger partial charge in [0.05, 0.1) is 12.2 Å². The molecule has 0 spiro atoms. The zero-order valence-electron chi connectivity index (χ0n) is 13.9. The number of hydrogen-bond acceptors (Lipinski definition) is 5.